The van der Waals surface area contributed by atoms with Crippen molar-refractivity contribution >= 4 is 5.78 Å². The third-order valence-corrected chi connectivity index (χ3v) is 2.75. The van der Waals surface area contributed by atoms with E-state index in [1.54, 1.807) is 0 Å². The van der Waals surface area contributed by atoms with E-state index in [4.69, 9.17) is 5.11 Å². The van der Waals surface area contributed by atoms with Crippen molar-refractivity contribution < 1.29 is 9.90 Å². The molecule has 0 spiro atoms. The van der Waals surface area contributed by atoms with Crippen molar-refractivity contribution in [3.8, 4) is 0 Å². The van der Waals surface area contributed by atoms with Gasteiger partial charge in [0.1, 0.15) is 6.10 Å². The first-order chi connectivity index (χ1) is 4.46. The van der Waals surface area contributed by atoms with E-state index in [-0.39, 0.29) is 11.2 Å². The Hall–Kier alpha value is -0.370. The molecule has 0 heterocycles. The van der Waals surface area contributed by atoms with E-state index in [1.807, 2.05) is 20.8 Å². The predicted octanol–water partition coefficient (Wildman–Crippen LogP) is 0.982. The average Bonchev–Trinajstić information content (AvgIpc) is 1.97. The Bertz CT molecular complexity index is 161. The second-order valence-corrected chi connectivity index (χ2v) is 3.74. The quantitative estimate of drug-likeness (QED) is 0.547. The summed E-state index contributed by atoms with van der Waals surface area (Å²) in [6, 6.07) is 0. The van der Waals surface area contributed by atoms with Crippen LogP contribution < -0.4 is 0 Å². The zero-order valence-electron chi connectivity index (χ0n) is 6.72. The van der Waals surface area contributed by atoms with Gasteiger partial charge in [-0.3, -0.25) is 4.79 Å². The van der Waals surface area contributed by atoms with Gasteiger partial charge in [0.05, 0.1) is 0 Å². The van der Waals surface area contributed by atoms with Gasteiger partial charge in [0.25, 0.3) is 0 Å². The van der Waals surface area contributed by atoms with Crippen LogP contribution in [-0.4, -0.2) is 17.0 Å². The Morgan fingerprint density at radius 3 is 2.20 bits per heavy atom. The molecule has 2 unspecified atom stereocenters. The van der Waals surface area contributed by atoms with Gasteiger partial charge in [-0.1, -0.05) is 20.8 Å². The molecule has 0 amide bonds. The molecule has 0 aromatic heterocycles. The largest absolute Gasteiger partial charge is 0.385 e. The molecule has 1 N–H and O–H groups in total. The molecule has 2 heteroatoms. The van der Waals surface area contributed by atoms with Crippen molar-refractivity contribution in [2.45, 2.75) is 33.3 Å². The maximum Gasteiger partial charge on any atom is 0.167 e. The van der Waals surface area contributed by atoms with Gasteiger partial charge in [-0.25, -0.2) is 0 Å². The lowest BCUT2D eigenvalue weighted by Crippen LogP contribution is -2.27. The molecule has 0 aromatic carbocycles. The third kappa shape index (κ3) is 0.870. The molecule has 1 saturated carbocycles. The number of aliphatic hydroxyl groups excluding tert-OH is 1. The topological polar surface area (TPSA) is 37.3 Å². The van der Waals surface area contributed by atoms with Gasteiger partial charge < -0.3 is 5.11 Å². The molecular weight excluding hydrogens is 128 g/mol. The van der Waals surface area contributed by atoms with E-state index in [9.17, 15) is 4.79 Å². The first-order valence-electron chi connectivity index (χ1n) is 3.68. The summed E-state index contributed by atoms with van der Waals surface area (Å²) in [6.45, 7) is 5.81. The molecule has 1 fully saturated rings. The summed E-state index contributed by atoms with van der Waals surface area (Å²) in [5.74, 6) is 0.315. The highest BCUT2D eigenvalue weighted by molar-refractivity contribution is 5.90. The molecule has 0 aromatic rings. The summed E-state index contributed by atoms with van der Waals surface area (Å²) in [5, 5.41) is 9.15. The molecule has 58 valence electrons. The maximum absolute atomic E-state index is 11.2. The summed E-state index contributed by atoms with van der Waals surface area (Å²) < 4.78 is 0. The maximum atomic E-state index is 11.2. The molecule has 2 atom stereocenters. The van der Waals surface area contributed by atoms with E-state index in [0.29, 0.717) is 12.3 Å². The number of hydrogen-bond acceptors (Lipinski definition) is 2. The van der Waals surface area contributed by atoms with Crippen LogP contribution >= 0.6 is 0 Å². The molecule has 2 nitrogen and oxygen atoms in total. The summed E-state index contributed by atoms with van der Waals surface area (Å²) in [4.78, 5) is 11.2. The minimum absolute atomic E-state index is 0.000000000000000444. The highest BCUT2D eigenvalue weighted by Crippen LogP contribution is 2.39. The van der Waals surface area contributed by atoms with Crippen LogP contribution in [0.5, 0.6) is 0 Å². The Morgan fingerprint density at radius 2 is 2.10 bits per heavy atom. The highest BCUT2D eigenvalue weighted by atomic mass is 16.3. The Balaban J connectivity index is 2.85. The molecule has 1 rings (SSSR count). The van der Waals surface area contributed by atoms with E-state index < -0.39 is 6.10 Å². The summed E-state index contributed by atoms with van der Waals surface area (Å²) >= 11 is 0. The Morgan fingerprint density at radius 1 is 1.60 bits per heavy atom. The number of hydrogen-bond donors (Lipinski definition) is 1. The SMILES string of the molecule is CC1CC(O)C(=O)C1(C)C. The monoisotopic (exact) mass is 142 g/mol. The third-order valence-electron chi connectivity index (χ3n) is 2.75. The number of rotatable bonds is 0. The molecule has 1 aliphatic rings. The van der Waals surface area contributed by atoms with Crippen molar-refractivity contribution in [1.29, 1.82) is 0 Å². The number of aliphatic hydroxyl groups is 1. The lowest BCUT2D eigenvalue weighted by molar-refractivity contribution is -0.131. The van der Waals surface area contributed by atoms with Crippen molar-refractivity contribution in [1.82, 2.24) is 0 Å². The normalized spacial score (nSPS) is 38.6. The van der Waals surface area contributed by atoms with Crippen LogP contribution in [0, 0.1) is 11.3 Å². The highest BCUT2D eigenvalue weighted by Gasteiger charge is 2.44. The van der Waals surface area contributed by atoms with Crippen LogP contribution in [0.25, 0.3) is 0 Å². The van der Waals surface area contributed by atoms with Crippen molar-refractivity contribution in [3.05, 3.63) is 0 Å². The smallest absolute Gasteiger partial charge is 0.167 e. The Labute approximate surface area is 61.2 Å². The Kier molecular flexibility index (Phi) is 1.59. The van der Waals surface area contributed by atoms with Gasteiger partial charge in [-0.05, 0) is 12.3 Å². The average molecular weight is 142 g/mol. The number of Topliss-reactive ketones (excluding diaryl/α,β-unsaturated/α-hetero) is 1. The lowest BCUT2D eigenvalue weighted by atomic mass is 9.82. The van der Waals surface area contributed by atoms with Gasteiger partial charge in [-0.15, -0.1) is 0 Å². The van der Waals surface area contributed by atoms with Gasteiger partial charge in [0, 0.05) is 5.41 Å². The molecule has 0 radical (unpaired) electrons. The molecule has 0 bridgehead atoms. The molecule has 1 aliphatic carbocycles. The first kappa shape index (κ1) is 7.73. The number of carbonyl (C=O) groups excluding carboxylic acids is 1. The van der Waals surface area contributed by atoms with Crippen molar-refractivity contribution in [3.63, 3.8) is 0 Å². The minimum atomic E-state index is -0.704. The minimum Gasteiger partial charge on any atom is -0.385 e. The summed E-state index contributed by atoms with van der Waals surface area (Å²) in [6.07, 6.45) is -0.0729. The molecule has 0 aliphatic heterocycles. The summed E-state index contributed by atoms with van der Waals surface area (Å²) in [7, 11) is 0. The molecular formula is C8H14O2. The number of ketones is 1. The number of carbonyl (C=O) groups is 1. The van der Waals surface area contributed by atoms with Crippen LogP contribution in [0.2, 0.25) is 0 Å². The van der Waals surface area contributed by atoms with Gasteiger partial charge in [0.15, 0.2) is 5.78 Å². The lowest BCUT2D eigenvalue weighted by Gasteiger charge is -2.20. The van der Waals surface area contributed by atoms with E-state index in [0.717, 1.165) is 0 Å². The second-order valence-electron chi connectivity index (χ2n) is 3.74. The van der Waals surface area contributed by atoms with Gasteiger partial charge >= 0.3 is 0 Å². The van der Waals surface area contributed by atoms with Crippen molar-refractivity contribution in [2.75, 3.05) is 0 Å². The summed E-state index contributed by atoms with van der Waals surface area (Å²) in [5.41, 5.74) is -0.306. The van der Waals surface area contributed by atoms with E-state index >= 15 is 0 Å². The van der Waals surface area contributed by atoms with Crippen LogP contribution in [0.4, 0.5) is 0 Å². The van der Waals surface area contributed by atoms with Crippen LogP contribution in [0.1, 0.15) is 27.2 Å². The van der Waals surface area contributed by atoms with Crippen LogP contribution in [-0.2, 0) is 4.79 Å². The van der Waals surface area contributed by atoms with E-state index in [2.05, 4.69) is 0 Å². The molecule has 0 saturated heterocycles. The van der Waals surface area contributed by atoms with Gasteiger partial charge in [-0.2, -0.15) is 0 Å². The fourth-order valence-corrected chi connectivity index (χ4v) is 1.41. The van der Waals surface area contributed by atoms with Crippen LogP contribution in [0.3, 0.4) is 0 Å². The molecule has 10 heavy (non-hydrogen) atoms. The van der Waals surface area contributed by atoms with Gasteiger partial charge in [0.2, 0.25) is 0 Å². The fraction of sp³-hybridized carbons (Fsp3) is 0.875. The second kappa shape index (κ2) is 2.06. The first-order valence-corrected chi connectivity index (χ1v) is 3.68. The predicted molar refractivity (Wildman–Crippen MR) is 38.6 cm³/mol. The fourth-order valence-electron chi connectivity index (χ4n) is 1.41. The van der Waals surface area contributed by atoms with Crippen LogP contribution in [0.15, 0.2) is 0 Å². The van der Waals surface area contributed by atoms with E-state index in [1.165, 1.54) is 0 Å². The zero-order valence-corrected chi connectivity index (χ0v) is 6.72. The standard InChI is InChI=1S/C8H14O2/c1-5-4-6(9)7(10)8(5,2)3/h5-6,9H,4H2,1-3H3. The van der Waals surface area contributed by atoms with Crippen molar-refractivity contribution in [2.24, 2.45) is 11.3 Å². The zero-order chi connectivity index (χ0) is 7.94.